The minimum Gasteiger partial charge on any atom is -0.493 e. The molecule has 0 aliphatic heterocycles. The normalized spacial score (nSPS) is 10.7. The maximum absolute atomic E-state index is 5.65. The molecule has 0 fully saturated rings. The lowest BCUT2D eigenvalue weighted by molar-refractivity contribution is 0.343. The van der Waals surface area contributed by atoms with Gasteiger partial charge in [0, 0.05) is 5.75 Å². The van der Waals surface area contributed by atoms with E-state index in [1.165, 1.54) is 17.3 Å². The zero-order valence-corrected chi connectivity index (χ0v) is 13.1. The number of thiophene rings is 1. The van der Waals surface area contributed by atoms with Crippen LogP contribution in [0.4, 0.5) is 0 Å². The maximum Gasteiger partial charge on any atom is 0.277 e. The highest BCUT2D eigenvalue weighted by molar-refractivity contribution is 7.99. The van der Waals surface area contributed by atoms with E-state index in [4.69, 9.17) is 9.15 Å². The van der Waals surface area contributed by atoms with Gasteiger partial charge in [0.2, 0.25) is 0 Å². The summed E-state index contributed by atoms with van der Waals surface area (Å²) in [5.41, 5.74) is 1.23. The molecule has 0 aliphatic carbocycles. The summed E-state index contributed by atoms with van der Waals surface area (Å²) >= 11 is 3.09. The van der Waals surface area contributed by atoms with Crippen LogP contribution < -0.4 is 4.74 Å². The quantitative estimate of drug-likeness (QED) is 0.501. The van der Waals surface area contributed by atoms with Gasteiger partial charge in [-0.2, -0.15) is 0 Å². The van der Waals surface area contributed by atoms with Crippen LogP contribution in [0.2, 0.25) is 0 Å². The maximum atomic E-state index is 5.65. The van der Waals surface area contributed by atoms with Crippen molar-refractivity contribution >= 4 is 23.1 Å². The fraction of sp³-hybridized carbons (Fsp3) is 0.200. The Bertz CT molecular complexity index is 678. The number of hydrogen-bond donors (Lipinski definition) is 0. The van der Waals surface area contributed by atoms with Crippen LogP contribution in [-0.4, -0.2) is 22.6 Å². The highest BCUT2D eigenvalue weighted by atomic mass is 32.2. The summed E-state index contributed by atoms with van der Waals surface area (Å²) in [6.07, 6.45) is 0. The molecule has 0 radical (unpaired) electrons. The van der Waals surface area contributed by atoms with Gasteiger partial charge in [-0.05, 0) is 30.5 Å². The fourth-order valence-electron chi connectivity index (χ4n) is 1.69. The molecule has 0 atom stereocenters. The van der Waals surface area contributed by atoms with Gasteiger partial charge in [0.05, 0.1) is 11.5 Å². The van der Waals surface area contributed by atoms with E-state index in [1.807, 2.05) is 41.8 Å². The summed E-state index contributed by atoms with van der Waals surface area (Å²) in [5, 5.41) is 10.6. The molecule has 0 N–H and O–H groups in total. The van der Waals surface area contributed by atoms with Crippen LogP contribution in [0.5, 0.6) is 5.75 Å². The highest BCUT2D eigenvalue weighted by Gasteiger charge is 2.09. The van der Waals surface area contributed by atoms with Gasteiger partial charge in [-0.1, -0.05) is 35.5 Å². The summed E-state index contributed by atoms with van der Waals surface area (Å²) in [6.45, 7) is 2.66. The summed E-state index contributed by atoms with van der Waals surface area (Å²) in [5.74, 6) is 2.22. The van der Waals surface area contributed by atoms with Crippen LogP contribution in [0.15, 0.2) is 51.4 Å². The molecule has 0 spiro atoms. The number of hydrogen-bond acceptors (Lipinski definition) is 6. The third-order valence-electron chi connectivity index (χ3n) is 2.74. The van der Waals surface area contributed by atoms with Crippen molar-refractivity contribution in [1.29, 1.82) is 0 Å². The number of rotatable bonds is 6. The van der Waals surface area contributed by atoms with Crippen LogP contribution >= 0.6 is 23.1 Å². The summed E-state index contributed by atoms with van der Waals surface area (Å²) in [7, 11) is 0. The minimum atomic E-state index is 0.575. The van der Waals surface area contributed by atoms with Gasteiger partial charge in [0.25, 0.3) is 11.1 Å². The summed E-state index contributed by atoms with van der Waals surface area (Å²) < 4.78 is 11.2. The topological polar surface area (TPSA) is 48.2 Å². The van der Waals surface area contributed by atoms with E-state index >= 15 is 0 Å². The van der Waals surface area contributed by atoms with Gasteiger partial charge >= 0.3 is 0 Å². The largest absolute Gasteiger partial charge is 0.493 e. The van der Waals surface area contributed by atoms with Crippen LogP contribution in [0.1, 0.15) is 5.56 Å². The Kier molecular flexibility index (Phi) is 4.57. The van der Waals surface area contributed by atoms with Gasteiger partial charge in [0.1, 0.15) is 5.75 Å². The molecule has 21 heavy (non-hydrogen) atoms. The predicted molar refractivity (Wildman–Crippen MR) is 85.0 cm³/mol. The van der Waals surface area contributed by atoms with Crippen molar-refractivity contribution in [3.05, 3.63) is 47.3 Å². The van der Waals surface area contributed by atoms with E-state index in [1.54, 1.807) is 11.3 Å². The van der Waals surface area contributed by atoms with E-state index in [-0.39, 0.29) is 0 Å². The first-order chi connectivity index (χ1) is 10.3. The average Bonchev–Trinajstić information content (AvgIpc) is 3.16. The zero-order valence-electron chi connectivity index (χ0n) is 11.5. The molecule has 1 aromatic carbocycles. The van der Waals surface area contributed by atoms with Crippen molar-refractivity contribution in [2.75, 3.05) is 12.4 Å². The van der Waals surface area contributed by atoms with Crippen LogP contribution in [0.3, 0.4) is 0 Å². The molecule has 3 aromatic rings. The van der Waals surface area contributed by atoms with Crippen molar-refractivity contribution in [2.24, 2.45) is 0 Å². The number of nitrogens with zero attached hydrogens (tertiary/aromatic N) is 2. The molecule has 2 aromatic heterocycles. The van der Waals surface area contributed by atoms with Crippen molar-refractivity contribution in [3.8, 4) is 16.5 Å². The van der Waals surface area contributed by atoms with Gasteiger partial charge in [0.15, 0.2) is 0 Å². The molecule has 2 heterocycles. The lowest BCUT2D eigenvalue weighted by atomic mass is 10.2. The Morgan fingerprint density at radius 3 is 2.81 bits per heavy atom. The van der Waals surface area contributed by atoms with Gasteiger partial charge in [-0.15, -0.1) is 21.5 Å². The van der Waals surface area contributed by atoms with E-state index in [2.05, 4.69) is 17.1 Å². The standard InChI is InChI=1S/C15H14N2O2S2/c1-11-4-6-12(7-5-11)18-8-10-21-15-17-16-14(19-15)13-3-2-9-20-13/h2-7,9H,8,10H2,1H3. The van der Waals surface area contributed by atoms with E-state index in [0.29, 0.717) is 17.7 Å². The number of aromatic nitrogens is 2. The predicted octanol–water partition coefficient (Wildman–Crippen LogP) is 4.28. The summed E-state index contributed by atoms with van der Waals surface area (Å²) in [6, 6.07) is 11.9. The van der Waals surface area contributed by atoms with Crippen LogP contribution in [0.25, 0.3) is 10.8 Å². The van der Waals surface area contributed by atoms with Crippen molar-refractivity contribution in [1.82, 2.24) is 10.2 Å². The minimum absolute atomic E-state index is 0.575. The van der Waals surface area contributed by atoms with Gasteiger partial charge < -0.3 is 9.15 Å². The van der Waals surface area contributed by atoms with Gasteiger partial charge in [-0.3, -0.25) is 0 Å². The number of ether oxygens (including phenoxy) is 1. The zero-order chi connectivity index (χ0) is 14.5. The second-order valence-electron chi connectivity index (χ2n) is 4.36. The molecule has 3 rings (SSSR count). The van der Waals surface area contributed by atoms with E-state index < -0.39 is 0 Å². The smallest absolute Gasteiger partial charge is 0.277 e. The Morgan fingerprint density at radius 1 is 1.19 bits per heavy atom. The first-order valence-electron chi connectivity index (χ1n) is 6.51. The Hall–Kier alpha value is -1.79. The number of thioether (sulfide) groups is 1. The fourth-order valence-corrected chi connectivity index (χ4v) is 2.91. The lowest BCUT2D eigenvalue weighted by Gasteiger charge is -2.04. The molecule has 0 aliphatic rings. The first kappa shape index (κ1) is 14.2. The third-order valence-corrected chi connectivity index (χ3v) is 4.38. The monoisotopic (exact) mass is 318 g/mol. The Balaban J connectivity index is 1.46. The second-order valence-corrected chi connectivity index (χ2v) is 6.35. The highest BCUT2D eigenvalue weighted by Crippen LogP contribution is 2.26. The Labute approximate surface area is 131 Å². The molecule has 0 unspecified atom stereocenters. The van der Waals surface area contributed by atoms with Crippen molar-refractivity contribution in [2.45, 2.75) is 12.1 Å². The molecule has 0 saturated heterocycles. The molecular weight excluding hydrogens is 304 g/mol. The average molecular weight is 318 g/mol. The van der Waals surface area contributed by atoms with E-state index in [0.717, 1.165) is 16.4 Å². The molecule has 0 bridgehead atoms. The number of aryl methyl sites for hydroxylation is 1. The van der Waals surface area contributed by atoms with Crippen molar-refractivity contribution in [3.63, 3.8) is 0 Å². The molecule has 6 heteroatoms. The molecular formula is C15H14N2O2S2. The molecule has 4 nitrogen and oxygen atoms in total. The number of benzene rings is 1. The Morgan fingerprint density at radius 2 is 2.05 bits per heavy atom. The molecule has 0 amide bonds. The van der Waals surface area contributed by atoms with Crippen LogP contribution in [-0.2, 0) is 0 Å². The van der Waals surface area contributed by atoms with Gasteiger partial charge in [-0.25, -0.2) is 0 Å². The van der Waals surface area contributed by atoms with E-state index in [9.17, 15) is 0 Å². The molecule has 0 saturated carbocycles. The molecule has 108 valence electrons. The third kappa shape index (κ3) is 3.86. The summed E-state index contributed by atoms with van der Waals surface area (Å²) in [4.78, 5) is 0.991. The SMILES string of the molecule is Cc1ccc(OCCSc2nnc(-c3cccs3)o2)cc1. The van der Waals surface area contributed by atoms with Crippen molar-refractivity contribution < 1.29 is 9.15 Å². The lowest BCUT2D eigenvalue weighted by Crippen LogP contribution is -1.99. The first-order valence-corrected chi connectivity index (χ1v) is 8.37. The second kappa shape index (κ2) is 6.78. The van der Waals surface area contributed by atoms with Crippen LogP contribution in [0, 0.1) is 6.92 Å².